The first-order chi connectivity index (χ1) is 11.3. The van der Waals surface area contributed by atoms with Crippen LogP contribution in [0.25, 0.3) is 6.08 Å². The van der Waals surface area contributed by atoms with Crippen LogP contribution < -0.4 is 14.8 Å². The summed E-state index contributed by atoms with van der Waals surface area (Å²) in [6.45, 7) is 15.6. The molecule has 0 aliphatic rings. The molecule has 5 nitrogen and oxygen atoms in total. The number of hydrogen-bond donors (Lipinski definition) is 0. The molecule has 6 heteroatoms. The van der Waals surface area contributed by atoms with E-state index in [0.29, 0.717) is 22.4 Å². The van der Waals surface area contributed by atoms with Crippen molar-refractivity contribution in [3.8, 4) is 11.5 Å². The Kier molecular flexibility index (Phi) is 8.01. The largest absolute Gasteiger partial charge is 0.491 e. The lowest BCUT2D eigenvalue weighted by Gasteiger charge is -2.24. The van der Waals surface area contributed by atoms with Crippen LogP contribution in [0.2, 0.25) is 0 Å². The Morgan fingerprint density at radius 3 is 2.00 bits per heavy atom. The summed E-state index contributed by atoms with van der Waals surface area (Å²) < 4.78 is 36.0. The van der Waals surface area contributed by atoms with Crippen LogP contribution >= 0.6 is 7.60 Å². The van der Waals surface area contributed by atoms with Crippen LogP contribution in [0.1, 0.15) is 47.1 Å². The van der Waals surface area contributed by atoms with Crippen LogP contribution in [-0.4, -0.2) is 25.4 Å². The van der Waals surface area contributed by atoms with Gasteiger partial charge in [-0.2, -0.15) is 0 Å². The molecule has 0 saturated heterocycles. The Bertz CT molecular complexity index is 585. The highest BCUT2D eigenvalue weighted by molar-refractivity contribution is 7.62. The lowest BCUT2D eigenvalue weighted by Crippen LogP contribution is -2.20. The molecule has 1 aromatic rings. The van der Waals surface area contributed by atoms with Crippen LogP contribution in [0.3, 0.4) is 0 Å². The van der Waals surface area contributed by atoms with Gasteiger partial charge < -0.3 is 18.5 Å². The molecule has 136 valence electrons. The molecular formula is C18H29O5P. The van der Waals surface area contributed by atoms with Gasteiger partial charge in [0.25, 0.3) is 0 Å². The van der Waals surface area contributed by atoms with Crippen molar-refractivity contribution in [1.29, 1.82) is 0 Å². The van der Waals surface area contributed by atoms with Crippen molar-refractivity contribution >= 4 is 19.0 Å². The van der Waals surface area contributed by atoms with Crippen molar-refractivity contribution in [2.75, 3.05) is 13.2 Å². The predicted molar refractivity (Wildman–Crippen MR) is 98.6 cm³/mol. The third-order valence-electron chi connectivity index (χ3n) is 2.90. The molecule has 0 aromatic heterocycles. The van der Waals surface area contributed by atoms with E-state index in [-0.39, 0.29) is 25.4 Å². The topological polar surface area (TPSA) is 54.0 Å². The van der Waals surface area contributed by atoms with Gasteiger partial charge in [0.15, 0.2) is 0 Å². The molecule has 0 aliphatic heterocycles. The average molecular weight is 356 g/mol. The van der Waals surface area contributed by atoms with E-state index in [2.05, 4.69) is 6.58 Å². The number of hydrogen-bond acceptors (Lipinski definition) is 5. The first-order valence-corrected chi connectivity index (χ1v) is 9.85. The molecule has 24 heavy (non-hydrogen) atoms. The molecule has 0 aliphatic carbocycles. The molecule has 0 spiro atoms. The van der Waals surface area contributed by atoms with Gasteiger partial charge >= 0.3 is 7.60 Å². The first-order valence-electron chi connectivity index (χ1n) is 8.30. The molecule has 0 atom stereocenters. The highest BCUT2D eigenvalue weighted by Crippen LogP contribution is 2.51. The molecule has 0 amide bonds. The summed E-state index contributed by atoms with van der Waals surface area (Å²) >= 11 is 0. The van der Waals surface area contributed by atoms with E-state index in [1.165, 1.54) is 0 Å². The second-order valence-electron chi connectivity index (χ2n) is 5.73. The molecule has 0 saturated carbocycles. The SMILES string of the molecule is C=Cc1cc(OC(C)C)cc(OC(C)C)c1P(=O)(OCC)OCC. The van der Waals surface area contributed by atoms with Crippen LogP contribution in [0.5, 0.6) is 11.5 Å². The molecule has 0 N–H and O–H groups in total. The van der Waals surface area contributed by atoms with Crippen LogP contribution in [0, 0.1) is 0 Å². The monoisotopic (exact) mass is 356 g/mol. The second kappa shape index (κ2) is 9.26. The first kappa shape index (κ1) is 20.8. The van der Waals surface area contributed by atoms with E-state index >= 15 is 0 Å². The van der Waals surface area contributed by atoms with Crippen molar-refractivity contribution in [2.45, 2.75) is 53.8 Å². The lowest BCUT2D eigenvalue weighted by molar-refractivity contribution is 0.221. The highest BCUT2D eigenvalue weighted by atomic mass is 31.2. The van der Waals surface area contributed by atoms with Crippen molar-refractivity contribution in [3.05, 3.63) is 24.3 Å². The van der Waals surface area contributed by atoms with Gasteiger partial charge in [0.2, 0.25) is 0 Å². The van der Waals surface area contributed by atoms with E-state index in [0.717, 1.165) is 0 Å². The number of benzene rings is 1. The van der Waals surface area contributed by atoms with Gasteiger partial charge in [-0.25, -0.2) is 0 Å². The van der Waals surface area contributed by atoms with E-state index < -0.39 is 7.60 Å². The Morgan fingerprint density at radius 1 is 1.04 bits per heavy atom. The van der Waals surface area contributed by atoms with Crippen LogP contribution in [0.4, 0.5) is 0 Å². The minimum absolute atomic E-state index is 0.00556. The summed E-state index contributed by atoms with van der Waals surface area (Å²) in [5, 5.41) is 0.394. The smallest absolute Gasteiger partial charge is 0.365 e. The predicted octanol–water partition coefficient (Wildman–Crippen LogP) is 4.80. The standard InChI is InChI=1S/C18H29O5P/c1-8-15-11-16(22-13(4)5)12-17(23-14(6)7)18(15)24(19,20-9-2)21-10-3/h8,11-14H,1,9-10H2,2-7H3. The Morgan fingerprint density at radius 2 is 1.58 bits per heavy atom. The van der Waals surface area contributed by atoms with Crippen LogP contribution in [0.15, 0.2) is 18.7 Å². The maximum Gasteiger partial charge on any atom is 0.365 e. The fourth-order valence-electron chi connectivity index (χ4n) is 2.24. The fraction of sp³-hybridized carbons (Fsp3) is 0.556. The summed E-state index contributed by atoms with van der Waals surface area (Å²) in [7, 11) is -3.53. The van der Waals surface area contributed by atoms with Gasteiger partial charge in [0, 0.05) is 6.07 Å². The Hall–Kier alpha value is -1.29. The molecule has 0 unspecified atom stereocenters. The Labute approximate surface area is 145 Å². The molecular weight excluding hydrogens is 327 g/mol. The zero-order valence-corrected chi connectivity index (χ0v) is 16.4. The lowest BCUT2D eigenvalue weighted by atomic mass is 10.2. The van der Waals surface area contributed by atoms with E-state index in [1.54, 1.807) is 32.1 Å². The summed E-state index contributed by atoms with van der Waals surface area (Å²) in [4.78, 5) is 0. The summed E-state index contributed by atoms with van der Waals surface area (Å²) in [6, 6.07) is 3.51. The average Bonchev–Trinajstić information content (AvgIpc) is 2.45. The minimum Gasteiger partial charge on any atom is -0.491 e. The normalized spacial score (nSPS) is 11.8. The van der Waals surface area contributed by atoms with E-state index in [4.69, 9.17) is 18.5 Å². The van der Waals surface area contributed by atoms with Gasteiger partial charge in [-0.15, -0.1) is 0 Å². The summed E-state index contributed by atoms with van der Waals surface area (Å²) in [5.41, 5.74) is 0.619. The molecule has 0 heterocycles. The van der Waals surface area contributed by atoms with Gasteiger partial charge in [0.1, 0.15) is 16.8 Å². The third-order valence-corrected chi connectivity index (χ3v) is 5.13. The van der Waals surface area contributed by atoms with Crippen molar-refractivity contribution in [2.24, 2.45) is 0 Å². The maximum absolute atomic E-state index is 13.3. The molecule has 0 fully saturated rings. The van der Waals surface area contributed by atoms with E-state index in [1.807, 2.05) is 27.7 Å². The molecule has 1 aromatic carbocycles. The fourth-order valence-corrected chi connectivity index (χ4v) is 4.11. The van der Waals surface area contributed by atoms with Crippen molar-refractivity contribution < 1.29 is 23.1 Å². The quantitative estimate of drug-likeness (QED) is 0.564. The second-order valence-corrected chi connectivity index (χ2v) is 7.69. The zero-order valence-electron chi connectivity index (χ0n) is 15.5. The van der Waals surface area contributed by atoms with Crippen LogP contribution in [-0.2, 0) is 13.6 Å². The molecule has 0 bridgehead atoms. The highest BCUT2D eigenvalue weighted by Gasteiger charge is 2.34. The van der Waals surface area contributed by atoms with Crippen molar-refractivity contribution in [1.82, 2.24) is 0 Å². The van der Waals surface area contributed by atoms with Crippen molar-refractivity contribution in [3.63, 3.8) is 0 Å². The summed E-state index contributed by atoms with van der Waals surface area (Å²) in [5.74, 6) is 1.06. The third kappa shape index (κ3) is 5.37. The molecule has 1 rings (SSSR count). The van der Waals surface area contributed by atoms with Gasteiger partial charge in [-0.1, -0.05) is 12.7 Å². The number of rotatable bonds is 10. The van der Waals surface area contributed by atoms with Gasteiger partial charge in [-0.3, -0.25) is 4.57 Å². The number of ether oxygens (including phenoxy) is 2. The minimum atomic E-state index is -3.53. The maximum atomic E-state index is 13.3. The van der Waals surface area contributed by atoms with E-state index in [9.17, 15) is 4.57 Å². The van der Waals surface area contributed by atoms with Gasteiger partial charge in [0.05, 0.1) is 25.4 Å². The summed E-state index contributed by atoms with van der Waals surface area (Å²) in [6.07, 6.45) is 1.51. The molecule has 0 radical (unpaired) electrons. The zero-order chi connectivity index (χ0) is 18.3. The Balaban J connectivity index is 3.58. The van der Waals surface area contributed by atoms with Gasteiger partial charge in [-0.05, 0) is 53.2 Å².